The van der Waals surface area contributed by atoms with Gasteiger partial charge in [0, 0.05) is 25.0 Å². The molecule has 0 saturated carbocycles. The zero-order valence-corrected chi connectivity index (χ0v) is 8.89. The van der Waals surface area contributed by atoms with E-state index in [-0.39, 0.29) is 0 Å². The highest BCUT2D eigenvalue weighted by molar-refractivity contribution is 4.78. The molecule has 0 aliphatic carbocycles. The van der Waals surface area contributed by atoms with Gasteiger partial charge in [-0.3, -0.25) is 0 Å². The Labute approximate surface area is 85.7 Å². The molecule has 14 heavy (non-hydrogen) atoms. The minimum atomic E-state index is 0.783. The predicted octanol–water partition coefficient (Wildman–Crippen LogP) is 1.76. The number of aromatic nitrogens is 2. The number of hydrogen-bond acceptors (Lipinski definition) is 2. The van der Waals surface area contributed by atoms with Crippen LogP contribution in [0.2, 0.25) is 0 Å². The zero-order valence-electron chi connectivity index (χ0n) is 8.89. The SMILES string of the molecule is CN1CCCCC1CCn1ccnc1. The van der Waals surface area contributed by atoms with Gasteiger partial charge in [0.25, 0.3) is 0 Å². The second-order valence-corrected chi connectivity index (χ2v) is 4.22. The van der Waals surface area contributed by atoms with Crippen LogP contribution in [0.1, 0.15) is 25.7 Å². The van der Waals surface area contributed by atoms with Gasteiger partial charge in [0.05, 0.1) is 6.33 Å². The molecule has 3 nitrogen and oxygen atoms in total. The Morgan fingerprint density at radius 3 is 3.07 bits per heavy atom. The van der Waals surface area contributed by atoms with Gasteiger partial charge < -0.3 is 9.47 Å². The van der Waals surface area contributed by atoms with Gasteiger partial charge in [0.1, 0.15) is 0 Å². The molecular formula is C11H19N3. The second kappa shape index (κ2) is 4.60. The Hall–Kier alpha value is -0.830. The standard InChI is InChI=1S/C11H19N3/c1-13-7-3-2-4-11(13)5-8-14-9-6-12-10-14/h6,9-11H,2-5,7-8H2,1H3. The molecule has 0 bridgehead atoms. The van der Waals surface area contributed by atoms with Crippen LogP contribution < -0.4 is 0 Å². The second-order valence-electron chi connectivity index (χ2n) is 4.22. The lowest BCUT2D eigenvalue weighted by Gasteiger charge is -2.32. The van der Waals surface area contributed by atoms with E-state index in [0.29, 0.717) is 0 Å². The van der Waals surface area contributed by atoms with Crippen molar-refractivity contribution in [2.75, 3.05) is 13.6 Å². The van der Waals surface area contributed by atoms with Gasteiger partial charge in [0.15, 0.2) is 0 Å². The number of rotatable bonds is 3. The van der Waals surface area contributed by atoms with E-state index in [1.807, 2.05) is 18.7 Å². The van der Waals surface area contributed by atoms with Gasteiger partial charge >= 0.3 is 0 Å². The summed E-state index contributed by atoms with van der Waals surface area (Å²) < 4.78 is 2.17. The highest BCUT2D eigenvalue weighted by Gasteiger charge is 2.17. The van der Waals surface area contributed by atoms with E-state index in [2.05, 4.69) is 21.5 Å². The van der Waals surface area contributed by atoms with E-state index < -0.39 is 0 Å². The molecule has 0 amide bonds. The van der Waals surface area contributed by atoms with Crippen LogP contribution in [0.25, 0.3) is 0 Å². The van der Waals surface area contributed by atoms with Crippen molar-refractivity contribution >= 4 is 0 Å². The maximum absolute atomic E-state index is 4.05. The molecule has 3 heteroatoms. The summed E-state index contributed by atoms with van der Waals surface area (Å²) in [5.74, 6) is 0. The summed E-state index contributed by atoms with van der Waals surface area (Å²) in [7, 11) is 2.25. The van der Waals surface area contributed by atoms with Gasteiger partial charge in [-0.2, -0.15) is 0 Å². The Morgan fingerprint density at radius 2 is 2.36 bits per heavy atom. The average Bonchev–Trinajstić information content (AvgIpc) is 2.69. The third-order valence-corrected chi connectivity index (χ3v) is 3.20. The molecule has 0 aromatic carbocycles. The number of nitrogens with zero attached hydrogens (tertiary/aromatic N) is 3. The monoisotopic (exact) mass is 193 g/mol. The fourth-order valence-corrected chi connectivity index (χ4v) is 2.23. The number of aryl methyl sites for hydroxylation is 1. The summed E-state index contributed by atoms with van der Waals surface area (Å²) in [6.45, 7) is 2.38. The van der Waals surface area contributed by atoms with Crippen LogP contribution in [-0.2, 0) is 6.54 Å². The van der Waals surface area contributed by atoms with Crippen molar-refractivity contribution in [3.8, 4) is 0 Å². The van der Waals surface area contributed by atoms with Crippen molar-refractivity contribution in [1.29, 1.82) is 0 Å². The van der Waals surface area contributed by atoms with E-state index in [0.717, 1.165) is 12.6 Å². The fourth-order valence-electron chi connectivity index (χ4n) is 2.23. The lowest BCUT2D eigenvalue weighted by atomic mass is 10.0. The minimum absolute atomic E-state index is 0.783. The summed E-state index contributed by atoms with van der Waals surface area (Å²) in [5.41, 5.74) is 0. The Balaban J connectivity index is 1.79. The van der Waals surface area contributed by atoms with Gasteiger partial charge in [-0.05, 0) is 32.9 Å². The Kier molecular flexibility index (Phi) is 3.19. The molecule has 1 fully saturated rings. The van der Waals surface area contributed by atoms with Crippen LogP contribution in [0.3, 0.4) is 0 Å². The summed E-state index contributed by atoms with van der Waals surface area (Å²) in [4.78, 5) is 6.55. The number of imidazole rings is 1. The largest absolute Gasteiger partial charge is 0.337 e. The number of hydrogen-bond donors (Lipinski definition) is 0. The molecule has 0 spiro atoms. The third-order valence-electron chi connectivity index (χ3n) is 3.20. The van der Waals surface area contributed by atoms with Crippen LogP contribution >= 0.6 is 0 Å². The van der Waals surface area contributed by atoms with E-state index in [1.54, 1.807) is 0 Å². The maximum atomic E-state index is 4.05. The van der Waals surface area contributed by atoms with Crippen LogP contribution in [0.5, 0.6) is 0 Å². The van der Waals surface area contributed by atoms with Crippen molar-refractivity contribution in [3.63, 3.8) is 0 Å². The molecular weight excluding hydrogens is 174 g/mol. The van der Waals surface area contributed by atoms with Crippen molar-refractivity contribution in [3.05, 3.63) is 18.7 Å². The van der Waals surface area contributed by atoms with Gasteiger partial charge in [0.2, 0.25) is 0 Å². The quantitative estimate of drug-likeness (QED) is 0.729. The van der Waals surface area contributed by atoms with Crippen LogP contribution in [0.15, 0.2) is 18.7 Å². The maximum Gasteiger partial charge on any atom is 0.0945 e. The number of likely N-dealkylation sites (tertiary alicyclic amines) is 1. The lowest BCUT2D eigenvalue weighted by Crippen LogP contribution is -2.36. The van der Waals surface area contributed by atoms with Crippen LogP contribution in [0.4, 0.5) is 0 Å². The summed E-state index contributed by atoms with van der Waals surface area (Å²) in [6, 6.07) is 0.783. The first kappa shape index (κ1) is 9.71. The minimum Gasteiger partial charge on any atom is -0.337 e. The van der Waals surface area contributed by atoms with Gasteiger partial charge in [-0.15, -0.1) is 0 Å². The highest BCUT2D eigenvalue weighted by Crippen LogP contribution is 2.18. The topological polar surface area (TPSA) is 21.1 Å². The summed E-state index contributed by atoms with van der Waals surface area (Å²) in [5, 5.41) is 0. The van der Waals surface area contributed by atoms with Crippen molar-refractivity contribution in [2.24, 2.45) is 0 Å². The van der Waals surface area contributed by atoms with E-state index >= 15 is 0 Å². The molecule has 1 aromatic rings. The molecule has 1 aliphatic rings. The van der Waals surface area contributed by atoms with E-state index in [1.165, 1.54) is 32.2 Å². The Bertz CT molecular complexity index is 256. The van der Waals surface area contributed by atoms with E-state index in [9.17, 15) is 0 Å². The highest BCUT2D eigenvalue weighted by atomic mass is 15.1. The molecule has 2 rings (SSSR count). The molecule has 1 unspecified atom stereocenters. The predicted molar refractivity (Wildman–Crippen MR) is 57.1 cm³/mol. The van der Waals surface area contributed by atoms with Crippen molar-refractivity contribution < 1.29 is 0 Å². The van der Waals surface area contributed by atoms with Gasteiger partial charge in [-0.25, -0.2) is 4.98 Å². The first-order valence-electron chi connectivity index (χ1n) is 5.52. The first-order chi connectivity index (χ1) is 6.86. The van der Waals surface area contributed by atoms with Crippen molar-refractivity contribution in [1.82, 2.24) is 14.5 Å². The van der Waals surface area contributed by atoms with E-state index in [4.69, 9.17) is 0 Å². The summed E-state index contributed by atoms with van der Waals surface area (Å²) in [6.07, 6.45) is 11.2. The average molecular weight is 193 g/mol. The lowest BCUT2D eigenvalue weighted by molar-refractivity contribution is 0.171. The molecule has 1 saturated heterocycles. The Morgan fingerprint density at radius 1 is 1.43 bits per heavy atom. The first-order valence-corrected chi connectivity index (χ1v) is 5.52. The fraction of sp³-hybridized carbons (Fsp3) is 0.727. The summed E-state index contributed by atoms with van der Waals surface area (Å²) >= 11 is 0. The zero-order chi connectivity index (χ0) is 9.80. The van der Waals surface area contributed by atoms with Crippen LogP contribution in [0, 0.1) is 0 Å². The molecule has 0 radical (unpaired) electrons. The molecule has 1 atom stereocenters. The molecule has 78 valence electrons. The third kappa shape index (κ3) is 2.35. The van der Waals surface area contributed by atoms with Gasteiger partial charge in [-0.1, -0.05) is 6.42 Å². The normalized spacial score (nSPS) is 23.9. The molecule has 1 aromatic heterocycles. The van der Waals surface area contributed by atoms with Crippen LogP contribution in [-0.4, -0.2) is 34.1 Å². The molecule has 0 N–H and O–H groups in total. The number of piperidine rings is 1. The van der Waals surface area contributed by atoms with Crippen molar-refractivity contribution in [2.45, 2.75) is 38.3 Å². The smallest absolute Gasteiger partial charge is 0.0945 e. The molecule has 1 aliphatic heterocycles. The molecule has 2 heterocycles.